The number of hydrogen-bond donors (Lipinski definition) is 1. The summed E-state index contributed by atoms with van der Waals surface area (Å²) >= 11 is 1.63. The Hall–Kier alpha value is -1.41. The molecule has 0 bridgehead atoms. The second kappa shape index (κ2) is 4.41. The first-order valence-corrected chi connectivity index (χ1v) is 5.95. The van der Waals surface area contributed by atoms with Gasteiger partial charge in [-0.1, -0.05) is 30.3 Å². The molecule has 0 aromatic heterocycles. The molecule has 0 aliphatic heterocycles. The molecule has 2 rings (SSSR count). The minimum Gasteiger partial charge on any atom is -0.508 e. The summed E-state index contributed by atoms with van der Waals surface area (Å²) in [6.07, 6.45) is 2.00. The van der Waals surface area contributed by atoms with E-state index < -0.39 is 0 Å². The Bertz CT molecular complexity index is 451. The van der Waals surface area contributed by atoms with Gasteiger partial charge in [-0.2, -0.15) is 0 Å². The highest BCUT2D eigenvalue weighted by atomic mass is 32.2. The fourth-order valence-corrected chi connectivity index (χ4v) is 1.98. The molecule has 2 heteroatoms. The molecule has 15 heavy (non-hydrogen) atoms. The molecule has 0 heterocycles. The third kappa shape index (κ3) is 2.34. The van der Waals surface area contributed by atoms with E-state index in [1.807, 2.05) is 36.6 Å². The molecule has 1 N–H and O–H groups in total. The molecule has 0 fully saturated rings. The molecule has 0 saturated heterocycles. The molecular formula is C13H12OS. The van der Waals surface area contributed by atoms with Crippen molar-refractivity contribution in [2.45, 2.75) is 4.90 Å². The third-order valence-corrected chi connectivity index (χ3v) is 2.94. The van der Waals surface area contributed by atoms with Gasteiger partial charge in [-0.3, -0.25) is 0 Å². The zero-order valence-electron chi connectivity index (χ0n) is 8.47. The number of phenols is 1. The fourth-order valence-electron chi connectivity index (χ4n) is 1.50. The van der Waals surface area contributed by atoms with Crippen molar-refractivity contribution >= 4 is 11.8 Å². The molecule has 2 aromatic carbocycles. The van der Waals surface area contributed by atoms with Crippen LogP contribution in [0.25, 0.3) is 11.1 Å². The second-order valence-electron chi connectivity index (χ2n) is 3.29. The van der Waals surface area contributed by atoms with Crippen molar-refractivity contribution in [1.29, 1.82) is 0 Å². The first-order valence-electron chi connectivity index (χ1n) is 4.73. The Balaban J connectivity index is 2.49. The Labute approximate surface area is 93.8 Å². The summed E-state index contributed by atoms with van der Waals surface area (Å²) in [7, 11) is 0. The van der Waals surface area contributed by atoms with Gasteiger partial charge in [-0.05, 0) is 35.6 Å². The van der Waals surface area contributed by atoms with Crippen LogP contribution in [0.15, 0.2) is 53.4 Å². The van der Waals surface area contributed by atoms with Crippen LogP contribution in [0.4, 0.5) is 0 Å². The standard InChI is InChI=1S/C13H12OS/c1-15-13-8-11(7-12(14)9-13)10-5-3-2-4-6-10/h2-9,14H,1H3. The summed E-state index contributed by atoms with van der Waals surface area (Å²) in [4.78, 5) is 1.08. The Morgan fingerprint density at radius 1 is 0.933 bits per heavy atom. The van der Waals surface area contributed by atoms with Gasteiger partial charge in [-0.15, -0.1) is 11.8 Å². The van der Waals surface area contributed by atoms with Crippen LogP contribution in [0.5, 0.6) is 5.75 Å². The van der Waals surface area contributed by atoms with E-state index in [2.05, 4.69) is 6.07 Å². The minimum atomic E-state index is 0.320. The van der Waals surface area contributed by atoms with Crippen molar-refractivity contribution in [3.05, 3.63) is 48.5 Å². The van der Waals surface area contributed by atoms with Crippen LogP contribution < -0.4 is 0 Å². The van der Waals surface area contributed by atoms with Gasteiger partial charge in [0.25, 0.3) is 0 Å². The monoisotopic (exact) mass is 216 g/mol. The first kappa shape index (κ1) is 10.1. The highest BCUT2D eigenvalue weighted by Gasteiger charge is 2.01. The molecule has 0 spiro atoms. The van der Waals surface area contributed by atoms with Crippen molar-refractivity contribution in [3.63, 3.8) is 0 Å². The van der Waals surface area contributed by atoms with Crippen LogP contribution in [-0.4, -0.2) is 11.4 Å². The van der Waals surface area contributed by atoms with Gasteiger partial charge >= 0.3 is 0 Å². The zero-order valence-corrected chi connectivity index (χ0v) is 9.29. The smallest absolute Gasteiger partial charge is 0.117 e. The van der Waals surface area contributed by atoms with Crippen LogP contribution in [0, 0.1) is 0 Å². The molecule has 0 aliphatic carbocycles. The van der Waals surface area contributed by atoms with Crippen LogP contribution in [-0.2, 0) is 0 Å². The van der Waals surface area contributed by atoms with E-state index in [0.29, 0.717) is 5.75 Å². The molecule has 0 aliphatic rings. The van der Waals surface area contributed by atoms with Gasteiger partial charge in [0.2, 0.25) is 0 Å². The average Bonchev–Trinajstić information content (AvgIpc) is 2.29. The third-order valence-electron chi connectivity index (χ3n) is 2.23. The van der Waals surface area contributed by atoms with Gasteiger partial charge < -0.3 is 5.11 Å². The molecule has 0 unspecified atom stereocenters. The highest BCUT2D eigenvalue weighted by molar-refractivity contribution is 7.98. The Kier molecular flexibility index (Phi) is 2.97. The van der Waals surface area contributed by atoms with Gasteiger partial charge in [0.05, 0.1) is 0 Å². The minimum absolute atomic E-state index is 0.320. The van der Waals surface area contributed by atoms with E-state index in [-0.39, 0.29) is 0 Å². The van der Waals surface area contributed by atoms with E-state index in [1.54, 1.807) is 23.9 Å². The van der Waals surface area contributed by atoms with Crippen molar-refractivity contribution < 1.29 is 5.11 Å². The summed E-state index contributed by atoms with van der Waals surface area (Å²) in [5, 5.41) is 9.57. The van der Waals surface area contributed by atoms with E-state index >= 15 is 0 Å². The molecule has 0 saturated carbocycles. The Morgan fingerprint density at radius 2 is 1.67 bits per heavy atom. The van der Waals surface area contributed by atoms with Gasteiger partial charge in [0.1, 0.15) is 5.75 Å². The van der Waals surface area contributed by atoms with E-state index in [1.165, 1.54) is 0 Å². The van der Waals surface area contributed by atoms with Crippen molar-refractivity contribution in [1.82, 2.24) is 0 Å². The molecule has 2 aromatic rings. The van der Waals surface area contributed by atoms with Crippen LogP contribution in [0.2, 0.25) is 0 Å². The maximum Gasteiger partial charge on any atom is 0.117 e. The van der Waals surface area contributed by atoms with Gasteiger partial charge in [0.15, 0.2) is 0 Å². The molecule has 0 atom stereocenters. The van der Waals surface area contributed by atoms with Crippen molar-refractivity contribution in [3.8, 4) is 16.9 Å². The zero-order chi connectivity index (χ0) is 10.7. The maximum atomic E-state index is 9.57. The molecule has 1 nitrogen and oxygen atoms in total. The normalized spacial score (nSPS) is 10.2. The SMILES string of the molecule is CSc1cc(O)cc(-c2ccccc2)c1. The lowest BCUT2D eigenvalue weighted by atomic mass is 10.1. The summed E-state index contributed by atoms with van der Waals surface area (Å²) in [6.45, 7) is 0. The highest BCUT2D eigenvalue weighted by Crippen LogP contribution is 2.29. The maximum absolute atomic E-state index is 9.57. The van der Waals surface area contributed by atoms with Crippen molar-refractivity contribution in [2.75, 3.05) is 6.26 Å². The fraction of sp³-hybridized carbons (Fsp3) is 0.0769. The van der Waals surface area contributed by atoms with E-state index in [9.17, 15) is 5.11 Å². The average molecular weight is 216 g/mol. The lowest BCUT2D eigenvalue weighted by Gasteiger charge is -2.05. The quantitative estimate of drug-likeness (QED) is 0.771. The molecular weight excluding hydrogens is 204 g/mol. The predicted molar refractivity (Wildman–Crippen MR) is 65.3 cm³/mol. The van der Waals surface area contributed by atoms with Crippen LogP contribution >= 0.6 is 11.8 Å². The number of benzene rings is 2. The largest absolute Gasteiger partial charge is 0.508 e. The van der Waals surface area contributed by atoms with E-state index in [4.69, 9.17) is 0 Å². The number of phenolic OH excluding ortho intramolecular Hbond substituents is 1. The summed E-state index contributed by atoms with van der Waals surface area (Å²) in [6, 6.07) is 15.7. The number of thioether (sulfide) groups is 1. The number of rotatable bonds is 2. The van der Waals surface area contributed by atoms with Crippen molar-refractivity contribution in [2.24, 2.45) is 0 Å². The number of hydrogen-bond acceptors (Lipinski definition) is 2. The summed E-state index contributed by atoms with van der Waals surface area (Å²) in [5.74, 6) is 0.320. The molecule has 76 valence electrons. The van der Waals surface area contributed by atoms with E-state index in [0.717, 1.165) is 16.0 Å². The lowest BCUT2D eigenvalue weighted by molar-refractivity contribution is 0.474. The van der Waals surface area contributed by atoms with Gasteiger partial charge in [-0.25, -0.2) is 0 Å². The second-order valence-corrected chi connectivity index (χ2v) is 4.17. The summed E-state index contributed by atoms with van der Waals surface area (Å²) < 4.78 is 0. The topological polar surface area (TPSA) is 20.2 Å². The molecule has 0 amide bonds. The summed E-state index contributed by atoms with van der Waals surface area (Å²) in [5.41, 5.74) is 2.18. The lowest BCUT2D eigenvalue weighted by Crippen LogP contribution is -1.78. The predicted octanol–water partition coefficient (Wildman–Crippen LogP) is 3.78. The molecule has 0 radical (unpaired) electrons. The van der Waals surface area contributed by atoms with Crippen LogP contribution in [0.1, 0.15) is 0 Å². The number of aromatic hydroxyl groups is 1. The van der Waals surface area contributed by atoms with Gasteiger partial charge in [0, 0.05) is 4.90 Å². The van der Waals surface area contributed by atoms with Crippen LogP contribution in [0.3, 0.4) is 0 Å². The first-order chi connectivity index (χ1) is 7.29. The Morgan fingerprint density at radius 3 is 2.33 bits per heavy atom.